The smallest absolute Gasteiger partial charge is 0.155 e. The van der Waals surface area contributed by atoms with Crippen LogP contribution in [0.25, 0.3) is 11.1 Å². The maximum Gasteiger partial charge on any atom is 0.155 e. The number of hydrogen-bond donors (Lipinski definition) is 0. The van der Waals surface area contributed by atoms with E-state index in [1.54, 1.807) is 12.1 Å². The highest BCUT2D eigenvalue weighted by Crippen LogP contribution is 2.42. The minimum absolute atomic E-state index is 0.0869. The third-order valence-electron chi connectivity index (χ3n) is 4.59. The summed E-state index contributed by atoms with van der Waals surface area (Å²) in [5, 5.41) is 0. The van der Waals surface area contributed by atoms with Crippen LogP contribution in [0.3, 0.4) is 0 Å². The number of amidine groups is 1. The number of rotatable bonds is 1. The summed E-state index contributed by atoms with van der Waals surface area (Å²) in [5.74, 6) is 0.416. The van der Waals surface area contributed by atoms with E-state index in [9.17, 15) is 4.39 Å². The lowest BCUT2D eigenvalue weighted by Gasteiger charge is -2.24. The summed E-state index contributed by atoms with van der Waals surface area (Å²) < 4.78 is 13.2. The van der Waals surface area contributed by atoms with Gasteiger partial charge in [0.1, 0.15) is 11.9 Å². The first-order chi connectivity index (χ1) is 11.8. The summed E-state index contributed by atoms with van der Waals surface area (Å²) in [6, 6.07) is 22.9. The molecule has 1 unspecified atom stereocenters. The number of halogens is 1. The molecule has 3 aromatic carbocycles. The van der Waals surface area contributed by atoms with Crippen LogP contribution in [-0.4, -0.2) is 11.5 Å². The molecule has 0 aromatic heterocycles. The first-order valence-electron chi connectivity index (χ1n) is 7.92. The van der Waals surface area contributed by atoms with Crippen molar-refractivity contribution in [2.75, 3.05) is 0 Å². The van der Waals surface area contributed by atoms with Gasteiger partial charge in [-0.25, -0.2) is 9.38 Å². The molecule has 0 saturated heterocycles. The Labute approximate surface area is 139 Å². The number of hydrogen-bond acceptors (Lipinski definition) is 2. The van der Waals surface area contributed by atoms with Gasteiger partial charge in [0.25, 0.3) is 0 Å². The van der Waals surface area contributed by atoms with Gasteiger partial charge in [-0.1, -0.05) is 48.5 Å². The Balaban J connectivity index is 1.73. The molecule has 0 bridgehead atoms. The van der Waals surface area contributed by atoms with Crippen LogP contribution in [0.1, 0.15) is 22.7 Å². The maximum absolute atomic E-state index is 13.2. The van der Waals surface area contributed by atoms with E-state index in [0.717, 1.165) is 16.8 Å². The van der Waals surface area contributed by atoms with Crippen molar-refractivity contribution in [2.45, 2.75) is 6.04 Å². The van der Waals surface area contributed by atoms with Gasteiger partial charge < -0.3 is 0 Å². The molecule has 0 N–H and O–H groups in total. The molecule has 5 rings (SSSR count). The van der Waals surface area contributed by atoms with Crippen LogP contribution in [0, 0.1) is 5.82 Å². The average Bonchev–Trinajstić information content (AvgIpc) is 3.08. The first kappa shape index (κ1) is 13.4. The van der Waals surface area contributed by atoms with Crippen LogP contribution in [0.4, 0.5) is 4.39 Å². The zero-order valence-electron chi connectivity index (χ0n) is 12.8. The average molecular weight is 312 g/mol. The summed E-state index contributed by atoms with van der Waals surface area (Å²) in [7, 11) is 0. The second-order valence-electron chi connectivity index (χ2n) is 5.99. The van der Waals surface area contributed by atoms with E-state index in [0.29, 0.717) is 5.84 Å². The number of fused-ring (bicyclic) bond motifs is 6. The highest BCUT2D eigenvalue weighted by molar-refractivity contribution is 6.22. The van der Waals surface area contributed by atoms with E-state index in [2.05, 4.69) is 30.3 Å². The number of aliphatic imine (C=N–C) groups is 2. The van der Waals surface area contributed by atoms with Gasteiger partial charge in [0.15, 0.2) is 5.84 Å². The maximum atomic E-state index is 13.2. The van der Waals surface area contributed by atoms with E-state index < -0.39 is 0 Å². The molecular formula is C21H13FN2. The van der Waals surface area contributed by atoms with Crippen molar-refractivity contribution in [3.05, 3.63) is 95.3 Å². The van der Waals surface area contributed by atoms with E-state index >= 15 is 0 Å². The van der Waals surface area contributed by atoms with Crippen LogP contribution >= 0.6 is 0 Å². The fourth-order valence-corrected chi connectivity index (χ4v) is 3.47. The molecule has 24 heavy (non-hydrogen) atoms. The summed E-state index contributed by atoms with van der Waals surface area (Å²) in [4.78, 5) is 9.64. The highest BCUT2D eigenvalue weighted by atomic mass is 19.1. The van der Waals surface area contributed by atoms with Crippen molar-refractivity contribution in [2.24, 2.45) is 9.98 Å². The second kappa shape index (κ2) is 4.96. The molecule has 2 aliphatic rings. The predicted octanol–water partition coefficient (Wildman–Crippen LogP) is 4.80. The van der Waals surface area contributed by atoms with Gasteiger partial charge in [0, 0.05) is 11.1 Å². The minimum atomic E-state index is -0.252. The van der Waals surface area contributed by atoms with Gasteiger partial charge in [0.2, 0.25) is 0 Å². The molecule has 0 fully saturated rings. The lowest BCUT2D eigenvalue weighted by Crippen LogP contribution is -2.16. The zero-order valence-corrected chi connectivity index (χ0v) is 12.8. The molecule has 0 saturated carbocycles. The number of nitrogens with zero attached hydrogens (tertiary/aromatic N) is 2. The van der Waals surface area contributed by atoms with Crippen molar-refractivity contribution in [3.8, 4) is 11.1 Å². The molecule has 2 nitrogen and oxygen atoms in total. The largest absolute Gasteiger partial charge is 0.251 e. The minimum Gasteiger partial charge on any atom is -0.251 e. The van der Waals surface area contributed by atoms with Crippen molar-refractivity contribution in [1.82, 2.24) is 0 Å². The molecular weight excluding hydrogens is 299 g/mol. The van der Waals surface area contributed by atoms with Crippen molar-refractivity contribution in [1.29, 1.82) is 0 Å². The van der Waals surface area contributed by atoms with Crippen LogP contribution in [-0.2, 0) is 0 Å². The van der Waals surface area contributed by atoms with Crippen LogP contribution in [0.15, 0.2) is 82.8 Å². The first-order valence-corrected chi connectivity index (χ1v) is 7.92. The molecule has 0 amide bonds. The normalized spacial score (nSPS) is 17.5. The Kier molecular flexibility index (Phi) is 2.77. The van der Waals surface area contributed by atoms with Gasteiger partial charge in [-0.2, -0.15) is 0 Å². The monoisotopic (exact) mass is 312 g/mol. The Bertz CT molecular complexity index is 1020. The Hall–Kier alpha value is -3.07. The van der Waals surface area contributed by atoms with Crippen LogP contribution < -0.4 is 0 Å². The van der Waals surface area contributed by atoms with Crippen molar-refractivity contribution in [3.63, 3.8) is 0 Å². The Morgan fingerprint density at radius 2 is 1.38 bits per heavy atom. The lowest BCUT2D eigenvalue weighted by atomic mass is 9.82. The second-order valence-corrected chi connectivity index (χ2v) is 5.99. The fraction of sp³-hybridized carbons (Fsp3) is 0.0476. The van der Waals surface area contributed by atoms with Gasteiger partial charge in [-0.3, -0.25) is 4.99 Å². The topological polar surface area (TPSA) is 24.7 Å². The summed E-state index contributed by atoms with van der Waals surface area (Å²) in [5.41, 5.74) is 6.52. The third-order valence-corrected chi connectivity index (χ3v) is 4.59. The molecule has 3 heteroatoms. The molecule has 1 heterocycles. The van der Waals surface area contributed by atoms with E-state index in [-0.39, 0.29) is 11.9 Å². The summed E-state index contributed by atoms with van der Waals surface area (Å²) in [6.45, 7) is 0. The van der Waals surface area contributed by atoms with Gasteiger partial charge >= 0.3 is 0 Å². The quantitative estimate of drug-likeness (QED) is 0.617. The van der Waals surface area contributed by atoms with E-state index in [4.69, 9.17) is 9.98 Å². The van der Waals surface area contributed by atoms with Gasteiger partial charge in [0.05, 0.1) is 5.71 Å². The fourth-order valence-electron chi connectivity index (χ4n) is 3.47. The molecule has 1 aliphatic carbocycles. The highest BCUT2D eigenvalue weighted by Gasteiger charge is 2.33. The van der Waals surface area contributed by atoms with Crippen molar-refractivity contribution < 1.29 is 4.39 Å². The molecule has 3 aromatic rings. The molecule has 0 radical (unpaired) electrons. The SMILES string of the molecule is Fc1ccc(C2=NC3C(=N2)c2ccccc2-c2ccccc23)cc1. The van der Waals surface area contributed by atoms with Gasteiger partial charge in [-0.15, -0.1) is 0 Å². The van der Waals surface area contributed by atoms with E-state index in [1.165, 1.54) is 28.8 Å². The van der Waals surface area contributed by atoms with Crippen molar-refractivity contribution >= 4 is 11.5 Å². The van der Waals surface area contributed by atoms with E-state index in [1.807, 2.05) is 18.2 Å². The molecule has 114 valence electrons. The van der Waals surface area contributed by atoms with Gasteiger partial charge in [-0.05, 0) is 41.0 Å². The summed E-state index contributed by atoms with van der Waals surface area (Å²) >= 11 is 0. The molecule has 1 atom stereocenters. The third kappa shape index (κ3) is 1.88. The Morgan fingerprint density at radius 3 is 2.17 bits per heavy atom. The predicted molar refractivity (Wildman–Crippen MR) is 94.1 cm³/mol. The standard InChI is InChI=1S/C21H13FN2/c22-14-11-9-13(10-12-14)21-23-19-17-7-3-1-5-15(17)16-6-2-4-8-18(16)20(19)24-21/h1-12,19H. The van der Waals surface area contributed by atoms with Crippen LogP contribution in [0.5, 0.6) is 0 Å². The number of benzene rings is 3. The zero-order chi connectivity index (χ0) is 16.1. The Morgan fingerprint density at radius 1 is 0.708 bits per heavy atom. The molecule has 0 spiro atoms. The lowest BCUT2D eigenvalue weighted by molar-refractivity contribution is 0.628. The summed E-state index contributed by atoms with van der Waals surface area (Å²) in [6.07, 6.45) is 0. The van der Waals surface area contributed by atoms with Crippen LogP contribution in [0.2, 0.25) is 0 Å². The molecule has 1 aliphatic heterocycles.